The van der Waals surface area contributed by atoms with Crippen LogP contribution >= 0.6 is 11.6 Å². The van der Waals surface area contributed by atoms with Gasteiger partial charge in [-0.3, -0.25) is 0 Å². The SMILES string of the molecule is CC(C[TeH])c1ccc(Cl)cc1. The minimum atomic E-state index is 0.668. The van der Waals surface area contributed by atoms with E-state index in [1.54, 1.807) is 0 Å². The van der Waals surface area contributed by atoms with E-state index in [9.17, 15) is 0 Å². The molecule has 0 aromatic heterocycles. The predicted octanol–water partition coefficient (Wildman–Crippen LogP) is 2.76. The van der Waals surface area contributed by atoms with Crippen molar-refractivity contribution in [1.29, 1.82) is 0 Å². The van der Waals surface area contributed by atoms with E-state index in [1.165, 1.54) is 10.0 Å². The molecule has 60 valence electrons. The van der Waals surface area contributed by atoms with Gasteiger partial charge in [0.25, 0.3) is 0 Å². The summed E-state index contributed by atoms with van der Waals surface area (Å²) in [5, 5.41) is 0.821. The van der Waals surface area contributed by atoms with Crippen LogP contribution in [-0.4, -0.2) is 22.3 Å². The summed E-state index contributed by atoms with van der Waals surface area (Å²) < 4.78 is 1.23. The number of benzene rings is 1. The molecule has 0 nitrogen and oxygen atoms in total. The van der Waals surface area contributed by atoms with Crippen molar-refractivity contribution in [3.8, 4) is 0 Å². The van der Waals surface area contributed by atoms with Gasteiger partial charge >= 0.3 is 86.1 Å². The Morgan fingerprint density at radius 3 is 2.36 bits per heavy atom. The van der Waals surface area contributed by atoms with Gasteiger partial charge in [0.1, 0.15) is 0 Å². The van der Waals surface area contributed by atoms with Crippen LogP contribution in [0.4, 0.5) is 0 Å². The molecule has 1 atom stereocenters. The Bertz CT molecular complexity index is 218. The molecule has 0 radical (unpaired) electrons. The van der Waals surface area contributed by atoms with E-state index >= 15 is 0 Å². The Kier molecular flexibility index (Phi) is 3.72. The van der Waals surface area contributed by atoms with E-state index < -0.39 is 0 Å². The summed E-state index contributed by atoms with van der Waals surface area (Å²) in [4.78, 5) is 0. The van der Waals surface area contributed by atoms with Crippen molar-refractivity contribution in [3.05, 3.63) is 34.9 Å². The molecular formula is C9H11ClTe. The molecular weight excluding hydrogens is 271 g/mol. The first-order chi connectivity index (χ1) is 5.24. The average molecular weight is 282 g/mol. The maximum absolute atomic E-state index is 5.76. The van der Waals surface area contributed by atoms with Gasteiger partial charge in [-0.2, -0.15) is 0 Å². The fourth-order valence-corrected chi connectivity index (χ4v) is 1.62. The minimum absolute atomic E-state index is 0.668. The summed E-state index contributed by atoms with van der Waals surface area (Å²) in [6.07, 6.45) is 0. The van der Waals surface area contributed by atoms with E-state index in [2.05, 4.69) is 19.1 Å². The predicted molar refractivity (Wildman–Crippen MR) is 51.8 cm³/mol. The second-order valence-corrected chi connectivity index (χ2v) is 4.11. The second-order valence-electron chi connectivity index (χ2n) is 2.64. The first kappa shape index (κ1) is 9.39. The molecule has 0 amide bonds. The molecule has 0 saturated carbocycles. The van der Waals surface area contributed by atoms with Crippen molar-refractivity contribution >= 4 is 33.9 Å². The van der Waals surface area contributed by atoms with Crippen LogP contribution in [0.2, 0.25) is 9.49 Å². The van der Waals surface area contributed by atoms with Gasteiger partial charge in [0.2, 0.25) is 0 Å². The van der Waals surface area contributed by atoms with Gasteiger partial charge in [0.15, 0.2) is 0 Å². The molecule has 0 aliphatic heterocycles. The van der Waals surface area contributed by atoms with Crippen LogP contribution in [0.15, 0.2) is 24.3 Å². The van der Waals surface area contributed by atoms with E-state index in [1.807, 2.05) is 34.4 Å². The molecule has 11 heavy (non-hydrogen) atoms. The van der Waals surface area contributed by atoms with Gasteiger partial charge in [0.05, 0.1) is 0 Å². The molecule has 1 unspecified atom stereocenters. The van der Waals surface area contributed by atoms with E-state index in [-0.39, 0.29) is 0 Å². The Hall–Kier alpha value is 0.300. The molecule has 1 rings (SSSR count). The number of rotatable bonds is 2. The van der Waals surface area contributed by atoms with Crippen LogP contribution in [-0.2, 0) is 0 Å². The van der Waals surface area contributed by atoms with Crippen LogP contribution in [0.25, 0.3) is 0 Å². The van der Waals surface area contributed by atoms with Crippen LogP contribution in [0.1, 0.15) is 18.4 Å². The summed E-state index contributed by atoms with van der Waals surface area (Å²) in [5.41, 5.74) is 1.38. The number of halogens is 1. The molecule has 0 spiro atoms. The van der Waals surface area contributed by atoms with Crippen LogP contribution in [0.3, 0.4) is 0 Å². The van der Waals surface area contributed by atoms with Crippen LogP contribution < -0.4 is 0 Å². The van der Waals surface area contributed by atoms with Crippen molar-refractivity contribution in [2.45, 2.75) is 17.3 Å². The van der Waals surface area contributed by atoms with Crippen molar-refractivity contribution in [2.75, 3.05) is 0 Å². The van der Waals surface area contributed by atoms with Gasteiger partial charge in [-0.1, -0.05) is 0 Å². The fraction of sp³-hybridized carbons (Fsp3) is 0.333. The summed E-state index contributed by atoms with van der Waals surface area (Å²) in [5.74, 6) is 0.668. The Balaban J connectivity index is 2.81. The summed E-state index contributed by atoms with van der Waals surface area (Å²) in [7, 11) is 0. The number of hydrogen-bond acceptors (Lipinski definition) is 0. The third-order valence-corrected chi connectivity index (χ3v) is 3.53. The topological polar surface area (TPSA) is 0 Å². The molecule has 1 aromatic carbocycles. The fourth-order valence-electron chi connectivity index (χ4n) is 0.897. The molecule has 1 aromatic rings. The Labute approximate surface area is 85.9 Å². The van der Waals surface area contributed by atoms with E-state index in [0.29, 0.717) is 5.92 Å². The maximum atomic E-state index is 5.76. The monoisotopic (exact) mass is 284 g/mol. The van der Waals surface area contributed by atoms with E-state index in [0.717, 1.165) is 5.02 Å². The Morgan fingerprint density at radius 1 is 1.36 bits per heavy atom. The molecule has 0 N–H and O–H groups in total. The molecule has 0 aliphatic rings. The van der Waals surface area contributed by atoms with Crippen molar-refractivity contribution in [1.82, 2.24) is 0 Å². The van der Waals surface area contributed by atoms with Crippen LogP contribution in [0, 0.1) is 0 Å². The zero-order valence-corrected chi connectivity index (χ0v) is 9.73. The standard InChI is InChI=1S/C9H11ClTe/c1-7(6-11)8-2-4-9(10)5-3-8/h2-5,7,11H,6H2,1H3. The van der Waals surface area contributed by atoms with Gasteiger partial charge in [-0.15, -0.1) is 0 Å². The van der Waals surface area contributed by atoms with Crippen molar-refractivity contribution < 1.29 is 0 Å². The zero-order valence-electron chi connectivity index (χ0n) is 6.42. The average Bonchev–Trinajstić information content (AvgIpc) is 2.05. The van der Waals surface area contributed by atoms with Crippen molar-refractivity contribution in [3.63, 3.8) is 0 Å². The second kappa shape index (κ2) is 4.36. The molecule has 0 fully saturated rings. The Morgan fingerprint density at radius 2 is 1.91 bits per heavy atom. The van der Waals surface area contributed by atoms with Gasteiger partial charge in [0, 0.05) is 0 Å². The first-order valence-electron chi connectivity index (χ1n) is 3.60. The third kappa shape index (κ3) is 2.67. The van der Waals surface area contributed by atoms with Crippen molar-refractivity contribution in [2.24, 2.45) is 0 Å². The third-order valence-electron chi connectivity index (χ3n) is 1.71. The van der Waals surface area contributed by atoms with Gasteiger partial charge < -0.3 is 0 Å². The first-order valence-corrected chi connectivity index (χ1v) is 5.78. The molecule has 0 saturated heterocycles. The van der Waals surface area contributed by atoms with E-state index in [4.69, 9.17) is 11.6 Å². The summed E-state index contributed by atoms with van der Waals surface area (Å²) >= 11 is 7.62. The quantitative estimate of drug-likeness (QED) is 0.732. The van der Waals surface area contributed by atoms with Gasteiger partial charge in [-0.25, -0.2) is 0 Å². The van der Waals surface area contributed by atoms with Crippen LogP contribution in [0.5, 0.6) is 0 Å². The number of hydrogen-bond donors (Lipinski definition) is 0. The summed E-state index contributed by atoms with van der Waals surface area (Å²) in [6.45, 7) is 2.24. The molecule has 0 heterocycles. The molecule has 0 bridgehead atoms. The molecule has 2 heteroatoms. The van der Waals surface area contributed by atoms with Gasteiger partial charge in [-0.05, 0) is 0 Å². The zero-order chi connectivity index (χ0) is 8.27. The normalized spacial score (nSPS) is 13.0. The summed E-state index contributed by atoms with van der Waals surface area (Å²) in [6, 6.07) is 8.11. The molecule has 0 aliphatic carbocycles.